The minimum Gasteiger partial charge on any atom is -0.441 e. The van der Waals surface area contributed by atoms with Crippen LogP contribution in [0, 0.1) is 25.2 Å². The Hall–Kier alpha value is -3.65. The van der Waals surface area contributed by atoms with Crippen LogP contribution < -0.4 is 5.32 Å². The van der Waals surface area contributed by atoms with Gasteiger partial charge in [-0.05, 0) is 49.8 Å². The van der Waals surface area contributed by atoms with Gasteiger partial charge in [-0.3, -0.25) is 4.79 Å². The van der Waals surface area contributed by atoms with E-state index in [0.717, 1.165) is 17.0 Å². The Labute approximate surface area is 151 Å². The number of aromatic nitrogens is 1. The van der Waals surface area contributed by atoms with E-state index in [1.54, 1.807) is 36.4 Å². The highest BCUT2D eigenvalue weighted by molar-refractivity contribution is 6.02. The summed E-state index contributed by atoms with van der Waals surface area (Å²) in [6.45, 7) is 3.75. The molecule has 5 nitrogen and oxygen atoms in total. The first-order valence-corrected chi connectivity index (χ1v) is 8.09. The molecule has 0 atom stereocenters. The van der Waals surface area contributed by atoms with Crippen LogP contribution >= 0.6 is 0 Å². The maximum absolute atomic E-state index is 12.2. The molecule has 128 valence electrons. The van der Waals surface area contributed by atoms with Gasteiger partial charge in [-0.25, -0.2) is 4.98 Å². The van der Waals surface area contributed by atoms with Crippen LogP contribution in [0.15, 0.2) is 59.0 Å². The summed E-state index contributed by atoms with van der Waals surface area (Å²) in [5, 5.41) is 11.9. The maximum atomic E-state index is 12.2. The quantitative estimate of drug-likeness (QED) is 0.708. The molecule has 1 aromatic heterocycles. The van der Waals surface area contributed by atoms with E-state index < -0.39 is 0 Å². The summed E-state index contributed by atoms with van der Waals surface area (Å²) in [5.41, 5.74) is 3.49. The second kappa shape index (κ2) is 7.49. The molecular formula is C21H17N3O2. The third-order valence-electron chi connectivity index (χ3n) is 3.90. The van der Waals surface area contributed by atoms with E-state index in [2.05, 4.69) is 16.4 Å². The second-order valence-corrected chi connectivity index (χ2v) is 5.76. The molecule has 0 aliphatic carbocycles. The van der Waals surface area contributed by atoms with Crippen LogP contribution in [0.4, 0.5) is 5.69 Å². The summed E-state index contributed by atoms with van der Waals surface area (Å²) < 4.78 is 5.62. The molecule has 0 aliphatic heterocycles. The Morgan fingerprint density at radius 1 is 1.19 bits per heavy atom. The van der Waals surface area contributed by atoms with Gasteiger partial charge in [0.05, 0.1) is 17.3 Å². The molecule has 0 spiro atoms. The Kier molecular flexibility index (Phi) is 4.95. The Morgan fingerprint density at radius 2 is 2.00 bits per heavy atom. The van der Waals surface area contributed by atoms with Crippen molar-refractivity contribution < 1.29 is 9.21 Å². The number of nitriles is 1. The Morgan fingerprint density at radius 3 is 2.73 bits per heavy atom. The molecule has 0 radical (unpaired) electrons. The van der Waals surface area contributed by atoms with E-state index >= 15 is 0 Å². The molecule has 1 heterocycles. The van der Waals surface area contributed by atoms with Gasteiger partial charge in [-0.2, -0.15) is 5.26 Å². The fourth-order valence-electron chi connectivity index (χ4n) is 2.42. The van der Waals surface area contributed by atoms with E-state index in [4.69, 9.17) is 9.68 Å². The second-order valence-electron chi connectivity index (χ2n) is 5.76. The lowest BCUT2D eigenvalue weighted by Gasteiger charge is -2.04. The predicted molar refractivity (Wildman–Crippen MR) is 100 cm³/mol. The number of benzene rings is 2. The molecule has 1 amide bonds. The number of aryl methyl sites for hydroxylation is 2. The predicted octanol–water partition coefficient (Wildman–Crippen LogP) is 4.48. The minimum atomic E-state index is -0.283. The van der Waals surface area contributed by atoms with Crippen LogP contribution in [-0.2, 0) is 4.79 Å². The van der Waals surface area contributed by atoms with Crippen LogP contribution in [0.2, 0.25) is 0 Å². The lowest BCUT2D eigenvalue weighted by Crippen LogP contribution is -2.07. The van der Waals surface area contributed by atoms with Crippen LogP contribution in [0.3, 0.4) is 0 Å². The fraction of sp³-hybridized carbons (Fsp3) is 0.0952. The number of nitrogens with one attached hydrogen (secondary N) is 1. The van der Waals surface area contributed by atoms with Crippen LogP contribution in [0.25, 0.3) is 17.5 Å². The average molecular weight is 343 g/mol. The van der Waals surface area contributed by atoms with Gasteiger partial charge in [-0.1, -0.05) is 24.3 Å². The van der Waals surface area contributed by atoms with Crippen molar-refractivity contribution in [2.75, 3.05) is 5.32 Å². The number of carbonyl (C=O) groups excluding carboxylic acids is 1. The van der Waals surface area contributed by atoms with Crippen LogP contribution in [-0.4, -0.2) is 10.9 Å². The maximum Gasteiger partial charge on any atom is 0.248 e. The SMILES string of the molecule is Cc1nc(-c2cccc(NC(=O)/C=C/c3ccccc3C#N)c2)oc1C. The fourth-order valence-corrected chi connectivity index (χ4v) is 2.42. The highest BCUT2D eigenvalue weighted by Gasteiger charge is 2.09. The molecule has 0 saturated heterocycles. The van der Waals surface area contributed by atoms with E-state index in [0.29, 0.717) is 22.7 Å². The average Bonchev–Trinajstić information content (AvgIpc) is 2.99. The standard InChI is InChI=1S/C21H17N3O2/c1-14-15(2)26-21(23-14)17-8-5-9-19(12-17)24-20(25)11-10-16-6-3-4-7-18(16)13-22/h3-12H,1-2H3,(H,24,25)/b11-10+. The number of nitrogens with zero attached hydrogens (tertiary/aromatic N) is 2. The molecule has 0 unspecified atom stereocenters. The molecule has 2 aromatic carbocycles. The molecule has 0 saturated carbocycles. The summed E-state index contributed by atoms with van der Waals surface area (Å²) in [6, 6.07) is 16.5. The largest absolute Gasteiger partial charge is 0.441 e. The highest BCUT2D eigenvalue weighted by atomic mass is 16.4. The van der Waals surface area contributed by atoms with Crippen molar-refractivity contribution >= 4 is 17.7 Å². The normalized spacial score (nSPS) is 10.7. The van der Waals surface area contributed by atoms with Crippen molar-refractivity contribution in [3.63, 3.8) is 0 Å². The molecule has 26 heavy (non-hydrogen) atoms. The van der Waals surface area contributed by atoms with Gasteiger partial charge in [0.1, 0.15) is 5.76 Å². The zero-order valence-corrected chi connectivity index (χ0v) is 14.5. The molecule has 5 heteroatoms. The third-order valence-corrected chi connectivity index (χ3v) is 3.90. The highest BCUT2D eigenvalue weighted by Crippen LogP contribution is 2.24. The molecule has 0 aliphatic rings. The van der Waals surface area contributed by atoms with Crippen molar-refractivity contribution in [1.82, 2.24) is 4.98 Å². The molecular weight excluding hydrogens is 326 g/mol. The van der Waals surface area contributed by atoms with E-state index in [1.165, 1.54) is 6.08 Å². The summed E-state index contributed by atoms with van der Waals surface area (Å²) in [4.78, 5) is 16.5. The van der Waals surface area contributed by atoms with Crippen molar-refractivity contribution in [2.24, 2.45) is 0 Å². The minimum absolute atomic E-state index is 0.283. The molecule has 3 rings (SSSR count). The summed E-state index contributed by atoms with van der Waals surface area (Å²) in [5.74, 6) is 1.01. The smallest absolute Gasteiger partial charge is 0.248 e. The summed E-state index contributed by atoms with van der Waals surface area (Å²) in [7, 11) is 0. The van der Waals surface area contributed by atoms with E-state index in [9.17, 15) is 4.79 Å². The van der Waals surface area contributed by atoms with Crippen molar-refractivity contribution in [3.05, 3.63) is 77.2 Å². The third kappa shape index (κ3) is 3.87. The summed E-state index contributed by atoms with van der Waals surface area (Å²) in [6.07, 6.45) is 3.03. The van der Waals surface area contributed by atoms with E-state index in [-0.39, 0.29) is 5.91 Å². The number of hydrogen-bond acceptors (Lipinski definition) is 4. The number of anilines is 1. The van der Waals surface area contributed by atoms with Crippen LogP contribution in [0.5, 0.6) is 0 Å². The van der Waals surface area contributed by atoms with Crippen LogP contribution in [0.1, 0.15) is 22.6 Å². The van der Waals surface area contributed by atoms with Gasteiger partial charge in [0.15, 0.2) is 0 Å². The zero-order valence-electron chi connectivity index (χ0n) is 14.5. The number of amides is 1. The first-order valence-electron chi connectivity index (χ1n) is 8.09. The number of hydrogen-bond donors (Lipinski definition) is 1. The number of carbonyl (C=O) groups is 1. The number of rotatable bonds is 4. The molecule has 0 fully saturated rings. The first kappa shape index (κ1) is 17.2. The Balaban J connectivity index is 1.75. The monoisotopic (exact) mass is 343 g/mol. The molecule has 3 aromatic rings. The van der Waals surface area contributed by atoms with Gasteiger partial charge in [-0.15, -0.1) is 0 Å². The first-order chi connectivity index (χ1) is 12.6. The van der Waals surface area contributed by atoms with Gasteiger partial charge in [0.2, 0.25) is 11.8 Å². The van der Waals surface area contributed by atoms with Gasteiger partial charge in [0, 0.05) is 17.3 Å². The topological polar surface area (TPSA) is 78.9 Å². The van der Waals surface area contributed by atoms with Crippen molar-refractivity contribution in [2.45, 2.75) is 13.8 Å². The van der Waals surface area contributed by atoms with Gasteiger partial charge >= 0.3 is 0 Å². The number of oxazole rings is 1. The zero-order chi connectivity index (χ0) is 18.5. The molecule has 0 bridgehead atoms. The van der Waals surface area contributed by atoms with Crippen molar-refractivity contribution in [1.29, 1.82) is 5.26 Å². The van der Waals surface area contributed by atoms with Gasteiger partial charge in [0.25, 0.3) is 0 Å². The van der Waals surface area contributed by atoms with Crippen molar-refractivity contribution in [3.8, 4) is 17.5 Å². The Bertz CT molecular complexity index is 1010. The van der Waals surface area contributed by atoms with Gasteiger partial charge < -0.3 is 9.73 Å². The molecule has 1 N–H and O–H groups in total. The van der Waals surface area contributed by atoms with E-state index in [1.807, 2.05) is 32.0 Å². The lowest BCUT2D eigenvalue weighted by molar-refractivity contribution is -0.111. The summed E-state index contributed by atoms with van der Waals surface area (Å²) >= 11 is 0. The lowest BCUT2D eigenvalue weighted by atomic mass is 10.1.